The highest BCUT2D eigenvalue weighted by Crippen LogP contribution is 2.36. The lowest BCUT2D eigenvalue weighted by Gasteiger charge is -2.37. The van der Waals surface area contributed by atoms with Gasteiger partial charge in [-0.25, -0.2) is 4.98 Å². The van der Waals surface area contributed by atoms with Crippen molar-refractivity contribution in [2.45, 2.75) is 72.4 Å². The van der Waals surface area contributed by atoms with Crippen molar-refractivity contribution in [3.8, 4) is 0 Å². The Morgan fingerprint density at radius 3 is 2.81 bits per heavy atom. The van der Waals surface area contributed by atoms with Crippen LogP contribution in [0.3, 0.4) is 0 Å². The van der Waals surface area contributed by atoms with Gasteiger partial charge in [0.2, 0.25) is 0 Å². The molecule has 1 fully saturated rings. The van der Waals surface area contributed by atoms with Crippen LogP contribution in [-0.4, -0.2) is 24.1 Å². The van der Waals surface area contributed by atoms with E-state index in [4.69, 9.17) is 4.98 Å². The Kier molecular flexibility index (Phi) is 6.06. The molecule has 1 aromatic heterocycles. The van der Waals surface area contributed by atoms with Gasteiger partial charge < -0.3 is 10.2 Å². The molecule has 0 saturated carbocycles. The molecule has 2 rings (SSSR count). The summed E-state index contributed by atoms with van der Waals surface area (Å²) in [7, 11) is 0. The minimum atomic E-state index is 0.557. The maximum absolute atomic E-state index is 5.05. The Balaban J connectivity index is 2.25. The van der Waals surface area contributed by atoms with Crippen LogP contribution in [-0.2, 0) is 6.54 Å². The number of nitrogens with zero attached hydrogens (tertiary/aromatic N) is 2. The zero-order valence-electron chi connectivity index (χ0n) is 14.3. The summed E-state index contributed by atoms with van der Waals surface area (Å²) in [6.45, 7) is 14.6. The third kappa shape index (κ3) is 3.78. The summed E-state index contributed by atoms with van der Waals surface area (Å²) in [4.78, 5) is 9.03. The molecule has 0 aliphatic carbocycles. The molecule has 0 aromatic carbocycles. The normalized spacial score (nSPS) is 24.3. The van der Waals surface area contributed by atoms with Gasteiger partial charge in [0.1, 0.15) is 0 Å². The second-order valence-corrected chi connectivity index (χ2v) is 7.51. The lowest BCUT2D eigenvalue weighted by atomic mass is 9.92. The van der Waals surface area contributed by atoms with Crippen LogP contribution in [0.5, 0.6) is 0 Å². The van der Waals surface area contributed by atoms with E-state index in [1.165, 1.54) is 35.1 Å². The number of hydrogen-bond acceptors (Lipinski definition) is 4. The maximum atomic E-state index is 5.05. The first-order valence-corrected chi connectivity index (χ1v) is 9.37. The lowest BCUT2D eigenvalue weighted by molar-refractivity contribution is 0.363. The Bertz CT molecular complexity index is 443. The predicted molar refractivity (Wildman–Crippen MR) is 93.4 cm³/mol. The lowest BCUT2D eigenvalue weighted by Crippen LogP contribution is -2.42. The number of anilines is 1. The average molecular weight is 310 g/mol. The van der Waals surface area contributed by atoms with Crippen LogP contribution in [0.1, 0.15) is 70.4 Å². The van der Waals surface area contributed by atoms with Crippen LogP contribution in [0.2, 0.25) is 0 Å². The summed E-state index contributed by atoms with van der Waals surface area (Å²) in [6, 6.07) is 0.613. The van der Waals surface area contributed by atoms with Gasteiger partial charge in [-0.1, -0.05) is 27.7 Å². The molecule has 0 spiro atoms. The smallest absolute Gasteiger partial charge is 0.186 e. The van der Waals surface area contributed by atoms with E-state index in [9.17, 15) is 0 Å². The van der Waals surface area contributed by atoms with Crippen molar-refractivity contribution in [2.75, 3.05) is 18.0 Å². The molecule has 0 radical (unpaired) electrons. The quantitative estimate of drug-likeness (QED) is 0.844. The summed E-state index contributed by atoms with van der Waals surface area (Å²) in [5, 5.41) is 4.72. The van der Waals surface area contributed by atoms with E-state index in [1.807, 2.05) is 11.3 Å². The van der Waals surface area contributed by atoms with Crippen molar-refractivity contribution in [2.24, 2.45) is 5.92 Å². The zero-order valence-corrected chi connectivity index (χ0v) is 15.1. The van der Waals surface area contributed by atoms with Crippen LogP contribution < -0.4 is 10.2 Å². The third-order valence-electron chi connectivity index (χ3n) is 4.95. The molecule has 3 atom stereocenters. The molecule has 2 heterocycles. The van der Waals surface area contributed by atoms with Gasteiger partial charge in [0.05, 0.1) is 5.69 Å². The fourth-order valence-corrected chi connectivity index (χ4v) is 4.29. The average Bonchev–Trinajstić information content (AvgIpc) is 2.91. The molecule has 1 aliphatic rings. The first-order valence-electron chi connectivity index (χ1n) is 8.55. The minimum absolute atomic E-state index is 0.557. The number of hydrogen-bond donors (Lipinski definition) is 1. The first kappa shape index (κ1) is 16.8. The fraction of sp³-hybridized carbons (Fsp3) is 0.824. The van der Waals surface area contributed by atoms with Crippen LogP contribution >= 0.6 is 11.3 Å². The van der Waals surface area contributed by atoms with E-state index in [0.717, 1.165) is 25.4 Å². The van der Waals surface area contributed by atoms with E-state index >= 15 is 0 Å². The molecule has 3 unspecified atom stereocenters. The highest BCUT2D eigenvalue weighted by atomic mass is 32.1. The molecule has 1 N–H and O–H groups in total. The second kappa shape index (κ2) is 7.59. The van der Waals surface area contributed by atoms with E-state index in [-0.39, 0.29) is 0 Å². The molecule has 3 nitrogen and oxygen atoms in total. The number of rotatable bonds is 6. The zero-order chi connectivity index (χ0) is 15.4. The largest absolute Gasteiger partial charge is 0.345 e. The van der Waals surface area contributed by atoms with Crippen LogP contribution in [0.15, 0.2) is 0 Å². The van der Waals surface area contributed by atoms with Crippen molar-refractivity contribution in [3.05, 3.63) is 10.6 Å². The van der Waals surface area contributed by atoms with Gasteiger partial charge in [-0.3, -0.25) is 0 Å². The second-order valence-electron chi connectivity index (χ2n) is 6.45. The summed E-state index contributed by atoms with van der Waals surface area (Å²) in [6.07, 6.45) is 3.81. The molecule has 0 amide bonds. The van der Waals surface area contributed by atoms with Crippen LogP contribution in [0.4, 0.5) is 5.13 Å². The number of thiazole rings is 1. The highest BCUT2D eigenvalue weighted by molar-refractivity contribution is 7.15. The molecule has 1 saturated heterocycles. The molecule has 120 valence electrons. The Morgan fingerprint density at radius 2 is 2.14 bits per heavy atom. The SMILES string of the molecule is CCNCc1sc(N2CCCC(C)C2C)nc1C(C)CC. The molecule has 1 aliphatic heterocycles. The van der Waals surface area contributed by atoms with Crippen molar-refractivity contribution < 1.29 is 0 Å². The summed E-state index contributed by atoms with van der Waals surface area (Å²) < 4.78 is 0. The standard InChI is InChI=1S/C17H31N3S/c1-6-12(3)16-15(11-18-7-2)21-17(19-16)20-10-8-9-13(4)14(20)5/h12-14,18H,6-11H2,1-5H3. The molecule has 1 aromatic rings. The van der Waals surface area contributed by atoms with Gasteiger partial charge in [0, 0.05) is 24.0 Å². The topological polar surface area (TPSA) is 28.2 Å². The molecule has 0 bridgehead atoms. The van der Waals surface area contributed by atoms with Crippen molar-refractivity contribution in [1.29, 1.82) is 0 Å². The number of piperidine rings is 1. The van der Waals surface area contributed by atoms with Gasteiger partial charge in [0.15, 0.2) is 5.13 Å². The molecular formula is C17H31N3S. The Morgan fingerprint density at radius 1 is 1.38 bits per heavy atom. The van der Waals surface area contributed by atoms with Crippen LogP contribution in [0, 0.1) is 5.92 Å². The van der Waals surface area contributed by atoms with Gasteiger partial charge in [-0.2, -0.15) is 0 Å². The summed E-state index contributed by atoms with van der Waals surface area (Å²) >= 11 is 1.91. The van der Waals surface area contributed by atoms with Crippen LogP contribution in [0.25, 0.3) is 0 Å². The van der Waals surface area contributed by atoms with Gasteiger partial charge in [-0.15, -0.1) is 11.3 Å². The third-order valence-corrected chi connectivity index (χ3v) is 6.06. The van der Waals surface area contributed by atoms with E-state index in [1.54, 1.807) is 0 Å². The van der Waals surface area contributed by atoms with Gasteiger partial charge >= 0.3 is 0 Å². The van der Waals surface area contributed by atoms with E-state index in [0.29, 0.717) is 12.0 Å². The van der Waals surface area contributed by atoms with E-state index in [2.05, 4.69) is 44.8 Å². The highest BCUT2D eigenvalue weighted by Gasteiger charge is 2.28. The number of nitrogens with one attached hydrogen (secondary N) is 1. The van der Waals surface area contributed by atoms with Crippen molar-refractivity contribution >= 4 is 16.5 Å². The molecule has 21 heavy (non-hydrogen) atoms. The Hall–Kier alpha value is -0.610. The van der Waals surface area contributed by atoms with Gasteiger partial charge in [-0.05, 0) is 44.6 Å². The molecular weight excluding hydrogens is 278 g/mol. The van der Waals surface area contributed by atoms with Gasteiger partial charge in [0.25, 0.3) is 0 Å². The Labute approximate surface area is 134 Å². The van der Waals surface area contributed by atoms with Crippen molar-refractivity contribution in [3.63, 3.8) is 0 Å². The first-order chi connectivity index (χ1) is 10.1. The minimum Gasteiger partial charge on any atom is -0.345 e. The maximum Gasteiger partial charge on any atom is 0.186 e. The molecule has 4 heteroatoms. The monoisotopic (exact) mass is 309 g/mol. The summed E-state index contributed by atoms with van der Waals surface area (Å²) in [5.74, 6) is 1.33. The van der Waals surface area contributed by atoms with E-state index < -0.39 is 0 Å². The summed E-state index contributed by atoms with van der Waals surface area (Å²) in [5.41, 5.74) is 1.32. The van der Waals surface area contributed by atoms with Crippen molar-refractivity contribution in [1.82, 2.24) is 10.3 Å². The number of aromatic nitrogens is 1. The fourth-order valence-electron chi connectivity index (χ4n) is 3.02. The predicted octanol–water partition coefficient (Wildman–Crippen LogP) is 4.39.